The van der Waals surface area contributed by atoms with E-state index in [9.17, 15) is 9.59 Å². The molecule has 64 valence electrons. The van der Waals surface area contributed by atoms with E-state index in [1.54, 1.807) is 0 Å². The van der Waals surface area contributed by atoms with Crippen molar-refractivity contribution in [2.45, 2.75) is 6.92 Å². The molecular weight excluding hydrogens is 203 g/mol. The number of ketones is 2. The Labute approximate surface area is 78.3 Å². The van der Waals surface area contributed by atoms with Gasteiger partial charge in [0.1, 0.15) is 5.03 Å². The van der Waals surface area contributed by atoms with Gasteiger partial charge in [-0.2, -0.15) is 0 Å². The standard InChI is InChI=1S/C7H4Cl2O3/c1-2-3(8)6(11)4(9)7(12)5(2)10/h11H,1H3. The number of hydrogen-bond acceptors (Lipinski definition) is 3. The molecule has 0 saturated carbocycles. The van der Waals surface area contributed by atoms with Gasteiger partial charge in [0.2, 0.25) is 11.6 Å². The van der Waals surface area contributed by atoms with Crippen LogP contribution in [0, 0.1) is 0 Å². The average molecular weight is 207 g/mol. The van der Waals surface area contributed by atoms with Gasteiger partial charge in [0.15, 0.2) is 5.76 Å². The molecule has 0 atom stereocenters. The summed E-state index contributed by atoms with van der Waals surface area (Å²) in [5.41, 5.74) is 0.0172. The Bertz CT molecular complexity index is 289. The van der Waals surface area contributed by atoms with Crippen molar-refractivity contribution in [2.24, 2.45) is 0 Å². The van der Waals surface area contributed by atoms with E-state index in [1.807, 2.05) is 0 Å². The summed E-state index contributed by atoms with van der Waals surface area (Å²) in [7, 11) is 0. The Morgan fingerprint density at radius 2 is 1.58 bits per heavy atom. The number of carbonyl (C=O) groups is 2. The normalized spacial score (nSPS) is 19.2. The fraction of sp³-hybridized carbons (Fsp3) is 0.143. The van der Waals surface area contributed by atoms with Gasteiger partial charge in [-0.15, -0.1) is 0 Å². The molecule has 1 N–H and O–H groups in total. The van der Waals surface area contributed by atoms with Crippen molar-refractivity contribution in [1.82, 2.24) is 0 Å². The number of hydrogen-bond donors (Lipinski definition) is 1. The van der Waals surface area contributed by atoms with Crippen LogP contribution in [0.3, 0.4) is 0 Å². The van der Waals surface area contributed by atoms with Crippen LogP contribution in [0.1, 0.15) is 6.92 Å². The average Bonchev–Trinajstić information content (AvgIpc) is 2.08. The molecule has 0 aromatic heterocycles. The zero-order valence-corrected chi connectivity index (χ0v) is 7.53. The molecule has 0 heterocycles. The summed E-state index contributed by atoms with van der Waals surface area (Å²) >= 11 is 10.8. The highest BCUT2D eigenvalue weighted by Gasteiger charge is 2.30. The Kier molecular flexibility index (Phi) is 2.26. The molecule has 1 aliphatic carbocycles. The van der Waals surface area contributed by atoms with Gasteiger partial charge in [0.05, 0.1) is 5.03 Å². The molecule has 1 rings (SSSR count). The summed E-state index contributed by atoms with van der Waals surface area (Å²) in [6, 6.07) is 0. The second kappa shape index (κ2) is 2.92. The molecule has 0 aliphatic heterocycles. The zero-order chi connectivity index (χ0) is 9.46. The molecule has 0 saturated heterocycles. The second-order valence-corrected chi connectivity index (χ2v) is 3.02. The first-order chi connectivity index (χ1) is 5.46. The lowest BCUT2D eigenvalue weighted by molar-refractivity contribution is -0.132. The van der Waals surface area contributed by atoms with Crippen LogP contribution in [0.2, 0.25) is 0 Å². The van der Waals surface area contributed by atoms with Gasteiger partial charge < -0.3 is 5.11 Å². The maximum absolute atomic E-state index is 11.0. The Balaban J connectivity index is 3.37. The number of rotatable bonds is 0. The van der Waals surface area contributed by atoms with Gasteiger partial charge >= 0.3 is 0 Å². The molecule has 5 heteroatoms. The Hall–Kier alpha value is -0.800. The monoisotopic (exact) mass is 206 g/mol. The van der Waals surface area contributed by atoms with Crippen molar-refractivity contribution in [3.63, 3.8) is 0 Å². The zero-order valence-electron chi connectivity index (χ0n) is 6.02. The van der Waals surface area contributed by atoms with Crippen molar-refractivity contribution < 1.29 is 14.7 Å². The van der Waals surface area contributed by atoms with E-state index in [0.717, 1.165) is 0 Å². The predicted molar refractivity (Wildman–Crippen MR) is 44.1 cm³/mol. The van der Waals surface area contributed by atoms with Crippen LogP contribution in [-0.4, -0.2) is 16.7 Å². The quantitative estimate of drug-likeness (QED) is 0.485. The second-order valence-electron chi connectivity index (χ2n) is 2.26. The lowest BCUT2D eigenvalue weighted by Crippen LogP contribution is -2.21. The maximum atomic E-state index is 11.0. The van der Waals surface area contributed by atoms with Gasteiger partial charge in [-0.05, 0) is 6.92 Å². The van der Waals surface area contributed by atoms with Gasteiger partial charge in [0, 0.05) is 5.57 Å². The lowest BCUT2D eigenvalue weighted by atomic mass is 10.0. The van der Waals surface area contributed by atoms with Gasteiger partial charge in [-0.25, -0.2) is 0 Å². The van der Waals surface area contributed by atoms with Crippen molar-refractivity contribution in [1.29, 1.82) is 0 Å². The first kappa shape index (κ1) is 9.29. The first-order valence-corrected chi connectivity index (χ1v) is 3.77. The van der Waals surface area contributed by atoms with Gasteiger partial charge in [0.25, 0.3) is 0 Å². The van der Waals surface area contributed by atoms with E-state index in [1.165, 1.54) is 6.92 Å². The molecule has 12 heavy (non-hydrogen) atoms. The molecule has 0 bridgehead atoms. The molecule has 0 fully saturated rings. The lowest BCUT2D eigenvalue weighted by Gasteiger charge is -2.10. The maximum Gasteiger partial charge on any atom is 0.248 e. The number of aliphatic hydroxyl groups is 1. The molecule has 3 nitrogen and oxygen atoms in total. The minimum absolute atomic E-state index is 0.0172. The molecule has 1 aliphatic rings. The van der Waals surface area contributed by atoms with Crippen LogP contribution in [-0.2, 0) is 9.59 Å². The molecule has 0 aromatic rings. The minimum Gasteiger partial charge on any atom is -0.505 e. The molecule has 0 amide bonds. The van der Waals surface area contributed by atoms with E-state index >= 15 is 0 Å². The van der Waals surface area contributed by atoms with Crippen molar-refractivity contribution >= 4 is 34.8 Å². The molecule has 0 spiro atoms. The van der Waals surface area contributed by atoms with Crippen LogP contribution in [0.15, 0.2) is 21.4 Å². The van der Waals surface area contributed by atoms with Crippen LogP contribution < -0.4 is 0 Å². The number of halogens is 2. The summed E-state index contributed by atoms with van der Waals surface area (Å²) < 4.78 is 0. The first-order valence-electron chi connectivity index (χ1n) is 3.01. The summed E-state index contributed by atoms with van der Waals surface area (Å²) in [5.74, 6) is -2.22. The van der Waals surface area contributed by atoms with E-state index in [0.29, 0.717) is 0 Å². The minimum atomic E-state index is -0.920. The fourth-order valence-corrected chi connectivity index (χ4v) is 1.16. The van der Waals surface area contributed by atoms with Gasteiger partial charge in [-0.3, -0.25) is 9.59 Å². The SMILES string of the molecule is CC1=C(Cl)C(O)=C(Cl)C(=O)C1=O. The molecule has 0 unspecified atom stereocenters. The van der Waals surface area contributed by atoms with Crippen LogP contribution >= 0.6 is 23.2 Å². The number of aliphatic hydroxyl groups excluding tert-OH is 1. The van der Waals surface area contributed by atoms with Crippen molar-refractivity contribution in [3.8, 4) is 0 Å². The van der Waals surface area contributed by atoms with E-state index in [-0.39, 0.29) is 10.6 Å². The molecule has 0 radical (unpaired) electrons. The fourth-order valence-electron chi connectivity index (χ4n) is 0.751. The smallest absolute Gasteiger partial charge is 0.248 e. The summed E-state index contributed by atoms with van der Waals surface area (Å²) in [6.07, 6.45) is 0. The van der Waals surface area contributed by atoms with E-state index in [2.05, 4.69) is 0 Å². The summed E-state index contributed by atoms with van der Waals surface area (Å²) in [5, 5.41) is 8.41. The van der Waals surface area contributed by atoms with Crippen LogP contribution in [0.25, 0.3) is 0 Å². The van der Waals surface area contributed by atoms with Crippen molar-refractivity contribution in [3.05, 3.63) is 21.4 Å². The van der Waals surface area contributed by atoms with Crippen molar-refractivity contribution in [2.75, 3.05) is 0 Å². The summed E-state index contributed by atoms with van der Waals surface area (Å²) in [6.45, 7) is 1.35. The Morgan fingerprint density at radius 1 is 1.08 bits per heavy atom. The van der Waals surface area contributed by atoms with Gasteiger partial charge in [-0.1, -0.05) is 23.2 Å². The topological polar surface area (TPSA) is 54.4 Å². The van der Waals surface area contributed by atoms with E-state index < -0.39 is 22.4 Å². The molecular formula is C7H4Cl2O3. The largest absolute Gasteiger partial charge is 0.505 e. The number of carbonyl (C=O) groups excluding carboxylic acids is 2. The number of allylic oxidation sites excluding steroid dienone is 3. The third-order valence-electron chi connectivity index (χ3n) is 1.49. The number of Topliss-reactive ketones (excluding diaryl/α,β-unsaturated/α-hetero) is 2. The Morgan fingerprint density at radius 3 is 2.08 bits per heavy atom. The van der Waals surface area contributed by atoms with Crippen LogP contribution in [0.5, 0.6) is 0 Å². The molecule has 0 aromatic carbocycles. The highest BCUT2D eigenvalue weighted by Crippen LogP contribution is 2.28. The third-order valence-corrected chi connectivity index (χ3v) is 2.30. The third kappa shape index (κ3) is 1.15. The highest BCUT2D eigenvalue weighted by atomic mass is 35.5. The van der Waals surface area contributed by atoms with Crippen LogP contribution in [0.4, 0.5) is 0 Å². The van der Waals surface area contributed by atoms with E-state index in [4.69, 9.17) is 28.3 Å². The predicted octanol–water partition coefficient (Wildman–Crippen LogP) is 1.66. The highest BCUT2D eigenvalue weighted by molar-refractivity contribution is 6.63. The summed E-state index contributed by atoms with van der Waals surface area (Å²) in [4.78, 5) is 21.9.